The maximum atomic E-state index is 6.80. The molecule has 0 N–H and O–H groups in total. The lowest BCUT2D eigenvalue weighted by atomic mass is 9.75. The van der Waals surface area contributed by atoms with E-state index in [9.17, 15) is 0 Å². The molecule has 3 heterocycles. The van der Waals surface area contributed by atoms with Crippen LogP contribution in [0.25, 0.3) is 0 Å². The summed E-state index contributed by atoms with van der Waals surface area (Å²) in [7, 11) is 0. The predicted molar refractivity (Wildman–Crippen MR) is 172 cm³/mol. The smallest absolute Gasteiger partial charge is 0.147 e. The molecule has 0 fully saturated rings. The largest absolute Gasteiger partial charge is 0.456 e. The van der Waals surface area contributed by atoms with Gasteiger partial charge in [0.2, 0.25) is 0 Å². The van der Waals surface area contributed by atoms with Gasteiger partial charge in [-0.25, -0.2) is 5.01 Å². The number of nitrogens with zero attached hydrogens (tertiary/aromatic N) is 4. The molecular weight excluding hydrogens is 533 g/mol. The molecule has 0 radical (unpaired) electrons. The molecule has 0 amide bonds. The number of rotatable bonds is 8. The van der Waals surface area contributed by atoms with Gasteiger partial charge in [0.25, 0.3) is 0 Å². The number of thiocarbonyl (C=S) groups is 1. The molecule has 2 aliphatic rings. The summed E-state index contributed by atoms with van der Waals surface area (Å²) >= 11 is 7.83. The summed E-state index contributed by atoms with van der Waals surface area (Å²) in [5, 5.41) is 9.23. The second-order valence-electron chi connectivity index (χ2n) is 9.94. The summed E-state index contributed by atoms with van der Waals surface area (Å²) in [6, 6.07) is 25.8. The van der Waals surface area contributed by atoms with E-state index in [1.54, 1.807) is 11.3 Å². The minimum atomic E-state index is -0.756. The van der Waals surface area contributed by atoms with Crippen LogP contribution in [0.4, 0.5) is 11.4 Å². The van der Waals surface area contributed by atoms with Crippen LogP contribution in [0.2, 0.25) is 0 Å². The number of hydrazone groups is 1. The Morgan fingerprint density at radius 3 is 1.95 bits per heavy atom. The fourth-order valence-electron chi connectivity index (χ4n) is 6.13. The molecule has 0 atom stereocenters. The molecule has 0 saturated carbocycles. The summed E-state index contributed by atoms with van der Waals surface area (Å²) in [6.45, 7) is 12.4. The van der Waals surface area contributed by atoms with Crippen LogP contribution in [0.3, 0.4) is 0 Å². The molecule has 40 heavy (non-hydrogen) atoms. The Morgan fingerprint density at radius 1 is 0.800 bits per heavy atom. The van der Waals surface area contributed by atoms with E-state index in [2.05, 4.69) is 110 Å². The van der Waals surface area contributed by atoms with Gasteiger partial charge in [-0.05, 0) is 56.8 Å². The number of fused-ring (bicyclic) bond motifs is 6. The van der Waals surface area contributed by atoms with Crippen molar-refractivity contribution in [1.82, 2.24) is 5.01 Å². The molecule has 0 unspecified atom stereocenters. The van der Waals surface area contributed by atoms with Crippen LogP contribution in [0.1, 0.15) is 54.8 Å². The monoisotopic (exact) mass is 566 g/mol. The van der Waals surface area contributed by atoms with Crippen LogP contribution < -0.4 is 14.5 Å². The molecule has 5 nitrogen and oxygen atoms in total. The first kappa shape index (κ1) is 26.5. The van der Waals surface area contributed by atoms with Crippen molar-refractivity contribution >= 4 is 46.1 Å². The quantitative estimate of drug-likeness (QED) is 0.160. The molecule has 0 aliphatic carbocycles. The zero-order valence-electron chi connectivity index (χ0n) is 23.4. The average molecular weight is 567 g/mol. The van der Waals surface area contributed by atoms with Gasteiger partial charge in [-0.1, -0.05) is 54.7 Å². The van der Waals surface area contributed by atoms with Crippen molar-refractivity contribution in [2.45, 2.75) is 33.2 Å². The average Bonchev–Trinajstić information content (AvgIpc) is 3.59. The minimum absolute atomic E-state index is 0.711. The fraction of sp³-hybridized carbons (Fsp3) is 0.273. The fourth-order valence-corrected chi connectivity index (χ4v) is 7.07. The van der Waals surface area contributed by atoms with E-state index in [1.165, 1.54) is 0 Å². The molecular formula is C33H34N4OS2. The SMILES string of the molecule is CCN(CC)c1ccc2c(c1)Oc1cc(N(CC)CC)ccc1C21c2ccccc2C(=S)N1/N=C/c1cccs1. The number of thiophene rings is 1. The van der Waals surface area contributed by atoms with Gasteiger partial charge in [0.15, 0.2) is 0 Å². The Kier molecular flexibility index (Phi) is 7.11. The van der Waals surface area contributed by atoms with Crippen molar-refractivity contribution in [3.8, 4) is 11.5 Å². The Bertz CT molecular complexity index is 1510. The van der Waals surface area contributed by atoms with E-state index in [1.807, 2.05) is 17.3 Å². The first-order valence-corrected chi connectivity index (χ1v) is 15.3. The summed E-state index contributed by atoms with van der Waals surface area (Å²) < 4.78 is 6.80. The highest BCUT2D eigenvalue weighted by molar-refractivity contribution is 7.80. The molecule has 4 aromatic rings. The van der Waals surface area contributed by atoms with E-state index in [0.717, 1.165) is 76.2 Å². The Labute approximate surface area is 246 Å². The highest BCUT2D eigenvalue weighted by Crippen LogP contribution is 2.58. The zero-order valence-corrected chi connectivity index (χ0v) is 25.1. The first-order valence-electron chi connectivity index (χ1n) is 14.0. The van der Waals surface area contributed by atoms with Crippen molar-refractivity contribution < 1.29 is 4.74 Å². The topological polar surface area (TPSA) is 31.3 Å². The van der Waals surface area contributed by atoms with Crippen molar-refractivity contribution in [2.24, 2.45) is 5.10 Å². The minimum Gasteiger partial charge on any atom is -0.456 e. The van der Waals surface area contributed by atoms with Gasteiger partial charge in [0.05, 0.1) is 6.21 Å². The summed E-state index contributed by atoms with van der Waals surface area (Å²) in [4.78, 5) is 6.48. The summed E-state index contributed by atoms with van der Waals surface area (Å²) in [6.07, 6.45) is 1.92. The normalized spacial score (nSPS) is 14.7. The van der Waals surface area contributed by atoms with E-state index in [-0.39, 0.29) is 0 Å². The van der Waals surface area contributed by atoms with Crippen molar-refractivity contribution in [3.05, 3.63) is 105 Å². The van der Waals surface area contributed by atoms with Crippen molar-refractivity contribution in [2.75, 3.05) is 36.0 Å². The highest BCUT2D eigenvalue weighted by Gasteiger charge is 2.55. The lowest BCUT2D eigenvalue weighted by Gasteiger charge is -2.43. The van der Waals surface area contributed by atoms with Crippen LogP contribution >= 0.6 is 23.6 Å². The second-order valence-corrected chi connectivity index (χ2v) is 11.3. The molecule has 0 saturated heterocycles. The van der Waals surface area contributed by atoms with Crippen LogP contribution in [0, 0.1) is 0 Å². The lowest BCUT2D eigenvalue weighted by molar-refractivity contribution is 0.269. The number of anilines is 2. The highest BCUT2D eigenvalue weighted by atomic mass is 32.1. The second kappa shape index (κ2) is 10.7. The van der Waals surface area contributed by atoms with Gasteiger partial charge >= 0.3 is 0 Å². The molecule has 7 heteroatoms. The molecule has 3 aromatic carbocycles. The number of ether oxygens (including phenoxy) is 1. The van der Waals surface area contributed by atoms with Crippen molar-refractivity contribution in [3.63, 3.8) is 0 Å². The van der Waals surface area contributed by atoms with Crippen LogP contribution in [-0.4, -0.2) is 42.4 Å². The van der Waals surface area contributed by atoms with Gasteiger partial charge in [-0.15, -0.1) is 11.3 Å². The van der Waals surface area contributed by atoms with Gasteiger partial charge in [-0.3, -0.25) is 0 Å². The van der Waals surface area contributed by atoms with Gasteiger partial charge in [0, 0.05) is 71.3 Å². The maximum Gasteiger partial charge on any atom is 0.147 e. The molecule has 204 valence electrons. The number of hydrogen-bond acceptors (Lipinski definition) is 6. The lowest BCUT2D eigenvalue weighted by Crippen LogP contribution is -2.44. The standard InChI is InChI=1S/C33H34N4OS2/c1-5-35(6-2)23-15-17-28-30(20-23)38-31-21-24(36(7-3)8-4)16-18-29(31)33(28)27-14-10-9-13-26(27)32(39)37(33)34-22-25-12-11-19-40-25/h9-22H,5-8H2,1-4H3/b34-22+. The third kappa shape index (κ3) is 4.02. The van der Waals surface area contributed by atoms with Crippen LogP contribution in [-0.2, 0) is 5.54 Å². The predicted octanol–water partition coefficient (Wildman–Crippen LogP) is 7.86. The molecule has 1 aromatic heterocycles. The van der Waals surface area contributed by atoms with Crippen LogP contribution in [0.15, 0.2) is 83.3 Å². The molecule has 6 rings (SSSR count). The van der Waals surface area contributed by atoms with Gasteiger partial charge in [0.1, 0.15) is 22.0 Å². The Balaban J connectivity index is 1.65. The first-order chi connectivity index (χ1) is 19.6. The van der Waals surface area contributed by atoms with E-state index < -0.39 is 5.54 Å². The Morgan fingerprint density at radius 2 is 1.40 bits per heavy atom. The summed E-state index contributed by atoms with van der Waals surface area (Å²) in [5.41, 5.74) is 5.77. The third-order valence-electron chi connectivity index (χ3n) is 8.09. The molecule has 0 bridgehead atoms. The van der Waals surface area contributed by atoms with Gasteiger partial charge in [-0.2, -0.15) is 5.10 Å². The van der Waals surface area contributed by atoms with E-state index in [4.69, 9.17) is 22.1 Å². The number of benzene rings is 3. The molecule has 2 aliphatic heterocycles. The van der Waals surface area contributed by atoms with Crippen molar-refractivity contribution in [1.29, 1.82) is 0 Å². The van der Waals surface area contributed by atoms with E-state index >= 15 is 0 Å². The Hall–Kier alpha value is -3.68. The van der Waals surface area contributed by atoms with Crippen LogP contribution in [0.5, 0.6) is 11.5 Å². The van der Waals surface area contributed by atoms with Gasteiger partial charge < -0.3 is 14.5 Å². The summed E-state index contributed by atoms with van der Waals surface area (Å²) in [5.74, 6) is 1.67. The zero-order chi connectivity index (χ0) is 27.9. The third-order valence-corrected chi connectivity index (χ3v) is 9.29. The van der Waals surface area contributed by atoms with E-state index in [0.29, 0.717) is 4.99 Å². The number of hydrogen-bond donors (Lipinski definition) is 0. The maximum absolute atomic E-state index is 6.80. The molecule has 1 spiro atoms.